The Morgan fingerprint density at radius 3 is 2.47 bits per heavy atom. The zero-order valence-electron chi connectivity index (χ0n) is 10.1. The summed E-state index contributed by atoms with van der Waals surface area (Å²) in [7, 11) is -3.35. The molecule has 0 fully saturated rings. The lowest BCUT2D eigenvalue weighted by atomic mass is 10.2. The van der Waals surface area contributed by atoms with Crippen LogP contribution >= 0.6 is 15.9 Å². The molecule has 0 aliphatic heterocycles. The van der Waals surface area contributed by atoms with E-state index in [4.69, 9.17) is 5.73 Å². The van der Waals surface area contributed by atoms with Gasteiger partial charge in [0, 0.05) is 4.47 Å². The van der Waals surface area contributed by atoms with Crippen LogP contribution in [0, 0.1) is 12.8 Å². The summed E-state index contributed by atoms with van der Waals surface area (Å²) in [5.74, 6) is 0.144. The molecule has 0 aromatic heterocycles. The van der Waals surface area contributed by atoms with Gasteiger partial charge in [-0.3, -0.25) is 4.72 Å². The van der Waals surface area contributed by atoms with E-state index < -0.39 is 10.0 Å². The monoisotopic (exact) mass is 320 g/mol. The molecule has 4 nitrogen and oxygen atoms in total. The highest BCUT2D eigenvalue weighted by molar-refractivity contribution is 9.10. The number of hydrogen-bond acceptors (Lipinski definition) is 3. The van der Waals surface area contributed by atoms with Crippen molar-refractivity contribution in [3.8, 4) is 0 Å². The first kappa shape index (κ1) is 14.3. The van der Waals surface area contributed by atoms with Gasteiger partial charge >= 0.3 is 0 Å². The number of nitrogens with one attached hydrogen (secondary N) is 1. The molecule has 3 N–H and O–H groups in total. The zero-order valence-corrected chi connectivity index (χ0v) is 12.5. The van der Waals surface area contributed by atoms with Crippen molar-refractivity contribution in [1.82, 2.24) is 0 Å². The van der Waals surface area contributed by atoms with E-state index in [-0.39, 0.29) is 11.7 Å². The molecule has 0 aliphatic carbocycles. The molecule has 0 saturated heterocycles. The van der Waals surface area contributed by atoms with Gasteiger partial charge in [0.25, 0.3) is 0 Å². The number of sulfonamides is 1. The van der Waals surface area contributed by atoms with Crippen LogP contribution in [0.1, 0.15) is 19.4 Å². The first-order valence-corrected chi connectivity index (χ1v) is 7.72. The molecule has 0 spiro atoms. The third-order valence-corrected chi connectivity index (χ3v) is 4.32. The number of halogens is 1. The quantitative estimate of drug-likeness (QED) is 0.838. The second-order valence-corrected chi connectivity index (χ2v) is 7.11. The maximum Gasteiger partial charge on any atom is 0.233 e. The van der Waals surface area contributed by atoms with Gasteiger partial charge in [-0.15, -0.1) is 0 Å². The van der Waals surface area contributed by atoms with Crippen LogP contribution in [0.2, 0.25) is 0 Å². The SMILES string of the molecule is Cc1cc(N)c(NS(=O)(=O)CC(C)C)c(Br)c1. The Balaban J connectivity index is 3.04. The van der Waals surface area contributed by atoms with Gasteiger partial charge in [-0.25, -0.2) is 8.42 Å². The second-order valence-electron chi connectivity index (χ2n) is 4.49. The standard InChI is InChI=1S/C11H17BrN2O2S/c1-7(2)6-17(15,16)14-11-9(12)4-8(3)5-10(11)13/h4-5,7,14H,6,13H2,1-3H3. The van der Waals surface area contributed by atoms with E-state index in [1.54, 1.807) is 6.07 Å². The Kier molecular flexibility index (Phi) is 4.43. The van der Waals surface area contributed by atoms with Crippen molar-refractivity contribution in [2.45, 2.75) is 20.8 Å². The maximum atomic E-state index is 11.8. The van der Waals surface area contributed by atoms with Gasteiger partial charge < -0.3 is 5.73 Å². The second kappa shape index (κ2) is 5.27. The Labute approximate surface area is 111 Å². The minimum Gasteiger partial charge on any atom is -0.397 e. The summed E-state index contributed by atoms with van der Waals surface area (Å²) in [6, 6.07) is 3.56. The third kappa shape index (κ3) is 4.20. The Morgan fingerprint density at radius 2 is 2.00 bits per heavy atom. The fourth-order valence-electron chi connectivity index (χ4n) is 1.51. The van der Waals surface area contributed by atoms with Gasteiger partial charge in [0.2, 0.25) is 10.0 Å². The predicted molar refractivity (Wildman–Crippen MR) is 75.5 cm³/mol. The highest BCUT2D eigenvalue weighted by Crippen LogP contribution is 2.31. The van der Waals surface area contributed by atoms with Crippen LogP contribution < -0.4 is 10.5 Å². The molecule has 0 radical (unpaired) electrons. The number of benzene rings is 1. The van der Waals surface area contributed by atoms with Crippen molar-refractivity contribution in [3.05, 3.63) is 22.2 Å². The predicted octanol–water partition coefficient (Wildman–Crippen LogP) is 2.74. The molecule has 0 saturated carbocycles. The largest absolute Gasteiger partial charge is 0.397 e. The first-order valence-electron chi connectivity index (χ1n) is 5.27. The Bertz CT molecular complexity index is 489. The molecule has 6 heteroatoms. The molecule has 0 atom stereocenters. The van der Waals surface area contributed by atoms with Crippen molar-refractivity contribution >= 4 is 37.3 Å². The minimum atomic E-state index is -3.35. The van der Waals surface area contributed by atoms with Gasteiger partial charge in [-0.1, -0.05) is 13.8 Å². The maximum absolute atomic E-state index is 11.8. The van der Waals surface area contributed by atoms with Crippen LogP contribution in [-0.2, 0) is 10.0 Å². The van der Waals surface area contributed by atoms with Gasteiger partial charge in [0.05, 0.1) is 17.1 Å². The molecule has 0 amide bonds. The van der Waals surface area contributed by atoms with Crippen LogP contribution in [0.3, 0.4) is 0 Å². The molecular weight excluding hydrogens is 304 g/mol. The summed E-state index contributed by atoms with van der Waals surface area (Å²) in [4.78, 5) is 0. The number of nitrogens with two attached hydrogens (primary N) is 1. The fraction of sp³-hybridized carbons (Fsp3) is 0.455. The third-order valence-electron chi connectivity index (χ3n) is 2.08. The van der Waals surface area contributed by atoms with Crippen LogP contribution in [0.4, 0.5) is 11.4 Å². The van der Waals surface area contributed by atoms with Crippen LogP contribution in [0.15, 0.2) is 16.6 Å². The van der Waals surface area contributed by atoms with Gasteiger partial charge in [-0.05, 0) is 46.5 Å². The van der Waals surface area contributed by atoms with Crippen molar-refractivity contribution in [3.63, 3.8) is 0 Å². The van der Waals surface area contributed by atoms with Crippen LogP contribution in [-0.4, -0.2) is 14.2 Å². The average molecular weight is 321 g/mol. The smallest absolute Gasteiger partial charge is 0.233 e. The topological polar surface area (TPSA) is 72.2 Å². The summed E-state index contributed by atoms with van der Waals surface area (Å²) in [6.45, 7) is 5.60. The van der Waals surface area contributed by atoms with Gasteiger partial charge in [0.1, 0.15) is 0 Å². The lowest BCUT2D eigenvalue weighted by Gasteiger charge is -2.14. The van der Waals surface area contributed by atoms with Crippen molar-refractivity contribution in [2.75, 3.05) is 16.2 Å². The number of aryl methyl sites for hydroxylation is 1. The van der Waals surface area contributed by atoms with Gasteiger partial charge in [0.15, 0.2) is 0 Å². The van der Waals surface area contributed by atoms with E-state index in [0.29, 0.717) is 15.8 Å². The molecule has 1 aromatic rings. The van der Waals surface area contributed by atoms with Crippen LogP contribution in [0.5, 0.6) is 0 Å². The molecule has 0 heterocycles. The summed E-state index contributed by atoms with van der Waals surface area (Å²) < 4.78 is 26.8. The van der Waals surface area contributed by atoms with E-state index in [1.807, 2.05) is 26.8 Å². The number of anilines is 2. The van der Waals surface area contributed by atoms with Crippen molar-refractivity contribution in [2.24, 2.45) is 5.92 Å². The molecule has 0 bridgehead atoms. The van der Waals surface area contributed by atoms with E-state index >= 15 is 0 Å². The molecule has 17 heavy (non-hydrogen) atoms. The van der Waals surface area contributed by atoms with E-state index in [9.17, 15) is 8.42 Å². The fourth-order valence-corrected chi connectivity index (χ4v) is 3.83. The first-order chi connectivity index (χ1) is 7.71. The molecule has 0 aliphatic rings. The van der Waals surface area contributed by atoms with E-state index in [2.05, 4.69) is 20.7 Å². The zero-order chi connectivity index (χ0) is 13.2. The minimum absolute atomic E-state index is 0.0675. The van der Waals surface area contributed by atoms with Crippen molar-refractivity contribution in [1.29, 1.82) is 0 Å². The highest BCUT2D eigenvalue weighted by atomic mass is 79.9. The highest BCUT2D eigenvalue weighted by Gasteiger charge is 2.16. The molecule has 1 rings (SSSR count). The Morgan fingerprint density at radius 1 is 1.41 bits per heavy atom. The van der Waals surface area contributed by atoms with Gasteiger partial charge in [-0.2, -0.15) is 0 Å². The molecule has 96 valence electrons. The lowest BCUT2D eigenvalue weighted by molar-refractivity contribution is 0.587. The number of rotatable bonds is 4. The molecule has 1 aromatic carbocycles. The molecular formula is C11H17BrN2O2S. The summed E-state index contributed by atoms with van der Waals surface area (Å²) >= 11 is 3.31. The molecule has 0 unspecified atom stereocenters. The van der Waals surface area contributed by atoms with E-state index in [0.717, 1.165) is 5.56 Å². The summed E-state index contributed by atoms with van der Waals surface area (Å²) in [5, 5.41) is 0. The summed E-state index contributed by atoms with van der Waals surface area (Å²) in [6.07, 6.45) is 0. The average Bonchev–Trinajstić information content (AvgIpc) is 2.09. The van der Waals surface area contributed by atoms with E-state index in [1.165, 1.54) is 0 Å². The Hall–Kier alpha value is -0.750. The number of nitrogen functional groups attached to an aromatic ring is 1. The normalized spacial score (nSPS) is 11.8. The number of hydrogen-bond donors (Lipinski definition) is 2. The lowest BCUT2D eigenvalue weighted by Crippen LogP contribution is -2.21. The van der Waals surface area contributed by atoms with Crippen molar-refractivity contribution < 1.29 is 8.42 Å². The summed E-state index contributed by atoms with van der Waals surface area (Å²) in [5.41, 5.74) is 7.61. The van der Waals surface area contributed by atoms with Crippen LogP contribution in [0.25, 0.3) is 0 Å².